The van der Waals surface area contributed by atoms with E-state index in [4.69, 9.17) is 9.47 Å². The molecule has 1 aromatic carbocycles. The van der Waals surface area contributed by atoms with Crippen molar-refractivity contribution in [3.8, 4) is 5.75 Å². The molecule has 2 aromatic rings. The molecule has 0 bridgehead atoms. The van der Waals surface area contributed by atoms with Crippen LogP contribution in [-0.4, -0.2) is 42.0 Å². The largest absolute Gasteiger partial charge is 0.506 e. The maximum atomic E-state index is 12.5. The molecule has 3 rings (SSSR count). The van der Waals surface area contributed by atoms with Crippen LogP contribution in [0.3, 0.4) is 0 Å². The first-order valence-corrected chi connectivity index (χ1v) is 7.64. The van der Waals surface area contributed by atoms with Crippen molar-refractivity contribution in [3.63, 3.8) is 0 Å². The van der Waals surface area contributed by atoms with Gasteiger partial charge in [0.1, 0.15) is 11.4 Å². The summed E-state index contributed by atoms with van der Waals surface area (Å²) in [6, 6.07) is 3.53. The lowest BCUT2D eigenvalue weighted by Crippen LogP contribution is -2.36. The summed E-state index contributed by atoms with van der Waals surface area (Å²) in [4.78, 5) is 17.1. The predicted molar refractivity (Wildman–Crippen MR) is 88.2 cm³/mol. The van der Waals surface area contributed by atoms with Crippen LogP contribution in [0.5, 0.6) is 5.75 Å². The van der Waals surface area contributed by atoms with Crippen LogP contribution in [0.2, 0.25) is 0 Å². The van der Waals surface area contributed by atoms with Gasteiger partial charge in [-0.25, -0.2) is 4.79 Å². The van der Waals surface area contributed by atoms with E-state index in [1.54, 1.807) is 24.3 Å². The van der Waals surface area contributed by atoms with Gasteiger partial charge < -0.3 is 19.6 Å². The molecule has 2 heterocycles. The van der Waals surface area contributed by atoms with Gasteiger partial charge in [0.2, 0.25) is 0 Å². The number of aromatic hydroxyl groups is 1. The van der Waals surface area contributed by atoms with Crippen molar-refractivity contribution in [1.29, 1.82) is 0 Å². The van der Waals surface area contributed by atoms with Gasteiger partial charge in [-0.15, -0.1) is 0 Å². The molecule has 124 valence electrons. The number of carbonyl (C=O) groups is 1. The van der Waals surface area contributed by atoms with Crippen LogP contribution in [0.25, 0.3) is 10.9 Å². The second-order valence-corrected chi connectivity index (χ2v) is 6.84. The lowest BCUT2D eigenvalue weighted by molar-refractivity contribution is 0.0579. The normalized spacial score (nSPS) is 17.6. The highest BCUT2D eigenvalue weighted by molar-refractivity contribution is 6.00. The Bertz CT molecular complexity index is 745. The number of methoxy groups -OCH3 is 1. The van der Waals surface area contributed by atoms with Crippen LogP contribution in [0.1, 0.15) is 32.3 Å². The predicted octanol–water partition coefficient (Wildman–Crippen LogP) is 3.36. The van der Waals surface area contributed by atoms with E-state index in [1.807, 2.05) is 26.8 Å². The van der Waals surface area contributed by atoms with Gasteiger partial charge in [-0.2, -0.15) is 0 Å². The number of rotatable bonds is 2. The van der Waals surface area contributed by atoms with E-state index in [0.29, 0.717) is 24.4 Å². The molecule has 0 aliphatic carbocycles. The fourth-order valence-corrected chi connectivity index (χ4v) is 3.11. The number of H-pyrrole nitrogens is 1. The molecule has 2 N–H and O–H groups in total. The number of nitrogens with zero attached hydrogens (tertiary/aromatic N) is 1. The first kappa shape index (κ1) is 15.7. The number of aromatic amines is 1. The molecule has 23 heavy (non-hydrogen) atoms. The highest BCUT2D eigenvalue weighted by Crippen LogP contribution is 2.44. The fraction of sp³-hybridized carbons (Fsp3) is 0.471. The minimum Gasteiger partial charge on any atom is -0.506 e. The summed E-state index contributed by atoms with van der Waals surface area (Å²) >= 11 is 0. The average Bonchev–Trinajstić information content (AvgIpc) is 3.02. The smallest absolute Gasteiger partial charge is 0.414 e. The Hall–Kier alpha value is -2.21. The van der Waals surface area contributed by atoms with Gasteiger partial charge in [0.25, 0.3) is 0 Å². The van der Waals surface area contributed by atoms with Crippen LogP contribution < -0.4 is 4.90 Å². The van der Waals surface area contributed by atoms with Crippen LogP contribution >= 0.6 is 0 Å². The van der Waals surface area contributed by atoms with Gasteiger partial charge in [-0.05, 0) is 32.4 Å². The number of aromatic nitrogens is 1. The van der Waals surface area contributed by atoms with E-state index in [-0.39, 0.29) is 11.7 Å². The fourth-order valence-electron chi connectivity index (χ4n) is 3.11. The zero-order chi connectivity index (χ0) is 16.8. The van der Waals surface area contributed by atoms with Crippen molar-refractivity contribution in [2.75, 3.05) is 25.2 Å². The van der Waals surface area contributed by atoms with E-state index < -0.39 is 11.7 Å². The molecule has 1 atom stereocenters. The quantitative estimate of drug-likeness (QED) is 0.890. The van der Waals surface area contributed by atoms with E-state index in [0.717, 1.165) is 10.9 Å². The summed E-state index contributed by atoms with van der Waals surface area (Å²) in [6.45, 7) is 6.48. The third-order valence-electron chi connectivity index (χ3n) is 3.93. The molecule has 1 aliphatic rings. The standard InChI is InChI=1S/C17H22N2O4/c1-17(2,3)23-16(21)19-8-10(9-22-4)14-11-5-6-18-15(11)13(20)7-12(14)19/h5-7,10,18,20H,8-9H2,1-4H3/t10-/m0/s1. The Morgan fingerprint density at radius 3 is 2.87 bits per heavy atom. The SMILES string of the molecule is COC[C@@H]1CN(C(=O)OC(C)(C)C)c2cc(O)c3[nH]ccc3c21. The number of carbonyl (C=O) groups excluding carboxylic acids is 1. The van der Waals surface area contributed by atoms with Crippen LogP contribution in [0.15, 0.2) is 18.3 Å². The molecule has 6 nitrogen and oxygen atoms in total. The third kappa shape index (κ3) is 2.74. The summed E-state index contributed by atoms with van der Waals surface area (Å²) in [6.07, 6.45) is 1.37. The zero-order valence-corrected chi connectivity index (χ0v) is 13.8. The molecule has 0 saturated carbocycles. The van der Waals surface area contributed by atoms with E-state index >= 15 is 0 Å². The van der Waals surface area contributed by atoms with Crippen molar-refractivity contribution in [3.05, 3.63) is 23.9 Å². The maximum Gasteiger partial charge on any atom is 0.414 e. The van der Waals surface area contributed by atoms with Gasteiger partial charge in [0, 0.05) is 37.2 Å². The Morgan fingerprint density at radius 1 is 1.48 bits per heavy atom. The number of anilines is 1. The number of hydrogen-bond donors (Lipinski definition) is 2. The van der Waals surface area contributed by atoms with Crippen molar-refractivity contribution in [2.45, 2.75) is 32.3 Å². The summed E-state index contributed by atoms with van der Waals surface area (Å²) in [5.74, 6) is 0.164. The molecule has 1 aromatic heterocycles. The van der Waals surface area contributed by atoms with Gasteiger partial charge >= 0.3 is 6.09 Å². The molecule has 0 spiro atoms. The Kier molecular flexibility index (Phi) is 3.72. The average molecular weight is 318 g/mol. The second-order valence-electron chi connectivity index (χ2n) is 6.84. The van der Waals surface area contributed by atoms with Gasteiger partial charge in [0.05, 0.1) is 17.8 Å². The van der Waals surface area contributed by atoms with Crippen molar-refractivity contribution in [2.24, 2.45) is 0 Å². The number of fused-ring (bicyclic) bond motifs is 3. The summed E-state index contributed by atoms with van der Waals surface area (Å²) in [5.41, 5.74) is 1.80. The molecular formula is C17H22N2O4. The molecule has 0 unspecified atom stereocenters. The molecular weight excluding hydrogens is 296 g/mol. The third-order valence-corrected chi connectivity index (χ3v) is 3.93. The van der Waals surface area contributed by atoms with E-state index in [9.17, 15) is 9.90 Å². The van der Waals surface area contributed by atoms with E-state index in [2.05, 4.69) is 4.98 Å². The highest BCUT2D eigenvalue weighted by Gasteiger charge is 2.37. The summed E-state index contributed by atoms with van der Waals surface area (Å²) in [5, 5.41) is 11.1. The lowest BCUT2D eigenvalue weighted by Gasteiger charge is -2.25. The first-order valence-electron chi connectivity index (χ1n) is 7.64. The summed E-state index contributed by atoms with van der Waals surface area (Å²) < 4.78 is 10.8. The maximum absolute atomic E-state index is 12.5. The topological polar surface area (TPSA) is 74.8 Å². The summed E-state index contributed by atoms with van der Waals surface area (Å²) in [7, 11) is 1.64. The number of amides is 1. The molecule has 0 fully saturated rings. The Balaban J connectivity index is 2.08. The number of hydrogen-bond acceptors (Lipinski definition) is 4. The first-order chi connectivity index (χ1) is 10.8. The Labute approximate surface area is 135 Å². The zero-order valence-electron chi connectivity index (χ0n) is 13.8. The van der Waals surface area contributed by atoms with E-state index in [1.165, 1.54) is 0 Å². The van der Waals surface area contributed by atoms with Gasteiger partial charge in [-0.3, -0.25) is 4.90 Å². The lowest BCUT2D eigenvalue weighted by atomic mass is 9.98. The van der Waals surface area contributed by atoms with Crippen molar-refractivity contribution < 1.29 is 19.4 Å². The number of phenols is 1. The molecule has 1 aliphatic heterocycles. The van der Waals surface area contributed by atoms with Gasteiger partial charge in [-0.1, -0.05) is 0 Å². The molecule has 1 amide bonds. The van der Waals surface area contributed by atoms with Crippen LogP contribution in [0, 0.1) is 0 Å². The van der Waals surface area contributed by atoms with Crippen LogP contribution in [0.4, 0.5) is 10.5 Å². The van der Waals surface area contributed by atoms with Crippen molar-refractivity contribution >= 4 is 22.7 Å². The number of benzene rings is 1. The van der Waals surface area contributed by atoms with Crippen LogP contribution in [-0.2, 0) is 9.47 Å². The Morgan fingerprint density at radius 2 is 2.22 bits per heavy atom. The second kappa shape index (κ2) is 5.45. The van der Waals surface area contributed by atoms with Crippen molar-refractivity contribution in [1.82, 2.24) is 4.98 Å². The number of ether oxygens (including phenoxy) is 2. The monoisotopic (exact) mass is 318 g/mol. The molecule has 6 heteroatoms. The number of nitrogens with one attached hydrogen (secondary N) is 1. The minimum absolute atomic E-state index is 0.0430. The minimum atomic E-state index is -0.573. The number of phenolic OH excluding ortho intramolecular Hbond substituents is 1. The highest BCUT2D eigenvalue weighted by atomic mass is 16.6. The molecule has 0 saturated heterocycles. The van der Waals surface area contributed by atoms with Gasteiger partial charge in [0.15, 0.2) is 0 Å². The molecule has 0 radical (unpaired) electrons.